The van der Waals surface area contributed by atoms with Crippen LogP contribution in [0.2, 0.25) is 0 Å². The molecule has 0 aliphatic carbocycles. The van der Waals surface area contributed by atoms with Crippen molar-refractivity contribution >= 4 is 45.7 Å². The number of ether oxygens (including phenoxy) is 2. The van der Waals surface area contributed by atoms with E-state index in [1.165, 1.54) is 0 Å². The van der Waals surface area contributed by atoms with Crippen LogP contribution in [0, 0.1) is 4.77 Å². The Balaban J connectivity index is 1.26. The van der Waals surface area contributed by atoms with Crippen molar-refractivity contribution < 1.29 is 14.3 Å². The van der Waals surface area contributed by atoms with Gasteiger partial charge in [0.2, 0.25) is 4.77 Å². The highest BCUT2D eigenvalue weighted by molar-refractivity contribution is 7.71. The molecule has 0 atom stereocenters. The van der Waals surface area contributed by atoms with E-state index in [-0.39, 0.29) is 5.91 Å². The van der Waals surface area contributed by atoms with Crippen LogP contribution in [0.15, 0.2) is 60.9 Å². The average molecular weight is 515 g/mol. The number of aromatic amines is 1. The van der Waals surface area contributed by atoms with Gasteiger partial charge in [0.05, 0.1) is 19.7 Å². The number of aromatic nitrogens is 4. The van der Waals surface area contributed by atoms with Crippen molar-refractivity contribution in [2.45, 2.75) is 13.0 Å². The number of H-pyrrole nitrogens is 1. The molecule has 188 valence electrons. The summed E-state index contributed by atoms with van der Waals surface area (Å²) >= 11 is 5.47. The predicted molar refractivity (Wildman–Crippen MR) is 147 cm³/mol. The third-order valence-electron chi connectivity index (χ3n) is 6.22. The van der Waals surface area contributed by atoms with Crippen LogP contribution < -0.4 is 20.5 Å². The molecule has 0 spiro atoms. The molecule has 9 nitrogen and oxygen atoms in total. The van der Waals surface area contributed by atoms with E-state index in [0.29, 0.717) is 52.8 Å². The van der Waals surface area contributed by atoms with Gasteiger partial charge >= 0.3 is 0 Å². The molecule has 1 amide bonds. The molecule has 0 saturated carbocycles. The largest absolute Gasteiger partial charge is 0.493 e. The number of benzene rings is 2. The highest BCUT2D eigenvalue weighted by Gasteiger charge is 2.13. The number of nitrogens with one attached hydrogen (secondary N) is 2. The third-order valence-corrected chi connectivity index (χ3v) is 6.53. The minimum Gasteiger partial charge on any atom is -0.493 e. The summed E-state index contributed by atoms with van der Waals surface area (Å²) in [7, 11) is 3.13. The molecule has 0 aliphatic rings. The normalized spacial score (nSPS) is 11.1. The monoisotopic (exact) mass is 514 g/mol. The van der Waals surface area contributed by atoms with E-state index in [4.69, 9.17) is 27.4 Å². The van der Waals surface area contributed by atoms with Gasteiger partial charge in [-0.15, -0.1) is 0 Å². The summed E-state index contributed by atoms with van der Waals surface area (Å²) in [5, 5.41) is 4.65. The second-order valence-electron chi connectivity index (χ2n) is 8.49. The molecule has 3 heterocycles. The smallest absolute Gasteiger partial charge is 0.267 e. The summed E-state index contributed by atoms with van der Waals surface area (Å²) in [6.45, 7) is 0.948. The van der Waals surface area contributed by atoms with E-state index >= 15 is 0 Å². The van der Waals surface area contributed by atoms with Crippen molar-refractivity contribution in [1.82, 2.24) is 24.8 Å². The lowest BCUT2D eigenvalue weighted by atomic mass is 10.1. The van der Waals surface area contributed by atoms with Gasteiger partial charge in [-0.25, -0.2) is 4.98 Å². The molecule has 4 N–H and O–H groups in total. The maximum atomic E-state index is 12.8. The van der Waals surface area contributed by atoms with Gasteiger partial charge in [0.15, 0.2) is 11.5 Å². The summed E-state index contributed by atoms with van der Waals surface area (Å²) in [4.78, 5) is 24.7. The van der Waals surface area contributed by atoms with Crippen LogP contribution in [-0.2, 0) is 6.54 Å². The topological polar surface area (TPSA) is 120 Å². The zero-order chi connectivity index (χ0) is 25.9. The lowest BCUT2D eigenvalue weighted by molar-refractivity contribution is 0.0948. The summed E-state index contributed by atoms with van der Waals surface area (Å²) in [5.41, 5.74) is 10.5. The molecule has 0 saturated heterocycles. The quantitative estimate of drug-likeness (QED) is 0.202. The number of nitrogens with two attached hydrogens (primary N) is 1. The van der Waals surface area contributed by atoms with Gasteiger partial charge in [-0.2, -0.15) is 0 Å². The lowest BCUT2D eigenvalue weighted by Gasteiger charge is -2.15. The minimum absolute atomic E-state index is 0.177. The predicted octanol–water partition coefficient (Wildman–Crippen LogP) is 4.73. The van der Waals surface area contributed by atoms with Crippen molar-refractivity contribution in [3.63, 3.8) is 0 Å². The van der Waals surface area contributed by atoms with Gasteiger partial charge in [-0.05, 0) is 48.5 Å². The molecule has 0 radical (unpaired) electrons. The van der Waals surface area contributed by atoms with Crippen LogP contribution >= 0.6 is 12.2 Å². The number of rotatable bonds is 8. The fourth-order valence-electron chi connectivity index (χ4n) is 4.29. The van der Waals surface area contributed by atoms with E-state index in [1.807, 2.05) is 42.6 Å². The Morgan fingerprint density at radius 1 is 1.11 bits per heavy atom. The zero-order valence-corrected chi connectivity index (χ0v) is 21.3. The molecule has 0 aliphatic heterocycles. The first-order chi connectivity index (χ1) is 18.0. The van der Waals surface area contributed by atoms with Crippen LogP contribution in [0.3, 0.4) is 0 Å². The number of fused-ring (bicyclic) bond motifs is 2. The van der Waals surface area contributed by atoms with Gasteiger partial charge in [-0.3, -0.25) is 9.78 Å². The van der Waals surface area contributed by atoms with Gasteiger partial charge in [0, 0.05) is 53.4 Å². The van der Waals surface area contributed by atoms with Crippen LogP contribution in [0.4, 0.5) is 5.82 Å². The van der Waals surface area contributed by atoms with Gasteiger partial charge in [0.25, 0.3) is 5.91 Å². The Bertz CT molecular complexity index is 1660. The molecule has 0 bridgehead atoms. The summed E-state index contributed by atoms with van der Waals surface area (Å²) < 4.78 is 12.9. The molecule has 3 aromatic heterocycles. The number of anilines is 1. The van der Waals surface area contributed by atoms with E-state index in [0.717, 1.165) is 27.4 Å². The van der Waals surface area contributed by atoms with Crippen molar-refractivity contribution in [2.24, 2.45) is 0 Å². The first kappa shape index (κ1) is 24.3. The molecule has 2 aromatic carbocycles. The number of nitrogens with zero attached hydrogens (tertiary/aromatic N) is 3. The molecule has 5 aromatic rings. The fourth-order valence-corrected chi connectivity index (χ4v) is 4.58. The number of hydrogen-bond acceptors (Lipinski definition) is 7. The van der Waals surface area contributed by atoms with E-state index in [9.17, 15) is 4.79 Å². The molecule has 37 heavy (non-hydrogen) atoms. The molecule has 0 unspecified atom stereocenters. The molecule has 5 rings (SSSR count). The summed E-state index contributed by atoms with van der Waals surface area (Å²) in [5.74, 6) is 1.43. The fraction of sp³-hybridized carbons (Fsp3) is 0.185. The van der Waals surface area contributed by atoms with Gasteiger partial charge in [0.1, 0.15) is 11.5 Å². The van der Waals surface area contributed by atoms with Crippen molar-refractivity contribution in [2.75, 3.05) is 26.5 Å². The maximum absolute atomic E-state index is 12.8. The van der Waals surface area contributed by atoms with Crippen LogP contribution in [0.1, 0.15) is 16.9 Å². The Morgan fingerprint density at radius 2 is 1.92 bits per heavy atom. The number of pyridine rings is 1. The molecule has 10 heteroatoms. The highest BCUT2D eigenvalue weighted by atomic mass is 32.1. The highest BCUT2D eigenvalue weighted by Crippen LogP contribution is 2.33. The third kappa shape index (κ3) is 4.83. The van der Waals surface area contributed by atoms with Gasteiger partial charge in [-0.1, -0.05) is 18.2 Å². The van der Waals surface area contributed by atoms with E-state index < -0.39 is 0 Å². The Morgan fingerprint density at radius 3 is 2.68 bits per heavy atom. The molecular formula is C27H26N6O3S. The van der Waals surface area contributed by atoms with Crippen molar-refractivity contribution in [3.05, 3.63) is 71.4 Å². The van der Waals surface area contributed by atoms with E-state index in [1.54, 1.807) is 37.1 Å². The average Bonchev–Trinajstić information content (AvgIpc) is 3.36. The second-order valence-corrected chi connectivity index (χ2v) is 8.86. The SMILES string of the molecule is COc1cc2nc(=S)n(CCCNC(=O)c3cc4ccc(-c5cccnc5)cc4[nH]3)c(N)c2cc1OC. The van der Waals surface area contributed by atoms with Crippen molar-refractivity contribution in [3.8, 4) is 22.6 Å². The lowest BCUT2D eigenvalue weighted by Crippen LogP contribution is -2.25. The molecule has 0 fully saturated rings. The number of nitrogen functional groups attached to an aromatic ring is 1. The van der Waals surface area contributed by atoms with Crippen LogP contribution in [0.25, 0.3) is 32.9 Å². The standard InChI is InChI=1S/C27H26N6O3S/c1-35-23-13-19-21(14-24(23)36-2)32-27(37)33(25(19)28)10-4-9-30-26(34)22-12-17-7-6-16(11-20(17)31-22)18-5-3-8-29-15-18/h3,5-8,11-15,31H,4,9-10,28H2,1-2H3,(H,30,34). The number of carbonyl (C=O) groups excluding carboxylic acids is 1. The number of amides is 1. The molecular weight excluding hydrogens is 488 g/mol. The maximum Gasteiger partial charge on any atom is 0.267 e. The Kier molecular flexibility index (Phi) is 6.74. The first-order valence-electron chi connectivity index (χ1n) is 11.7. The van der Waals surface area contributed by atoms with Crippen molar-refractivity contribution in [1.29, 1.82) is 0 Å². The first-order valence-corrected chi connectivity index (χ1v) is 12.1. The van der Waals surface area contributed by atoms with Gasteiger partial charge < -0.3 is 30.1 Å². The Hall–Kier alpha value is -4.44. The number of methoxy groups -OCH3 is 2. The van der Waals surface area contributed by atoms with Crippen LogP contribution in [0.5, 0.6) is 11.5 Å². The minimum atomic E-state index is -0.177. The van der Waals surface area contributed by atoms with Crippen LogP contribution in [-0.4, -0.2) is 46.2 Å². The number of carbonyl (C=O) groups is 1. The number of hydrogen-bond donors (Lipinski definition) is 3. The van der Waals surface area contributed by atoms with E-state index in [2.05, 4.69) is 20.3 Å². The second kappa shape index (κ2) is 10.3. The summed E-state index contributed by atoms with van der Waals surface area (Å²) in [6, 6.07) is 15.3. The zero-order valence-electron chi connectivity index (χ0n) is 20.4. The summed E-state index contributed by atoms with van der Waals surface area (Å²) in [6.07, 6.45) is 4.18. The Labute approximate surface area is 218 Å².